The lowest BCUT2D eigenvalue weighted by molar-refractivity contribution is -0.137. The second-order valence-corrected chi connectivity index (χ2v) is 6.49. The summed E-state index contributed by atoms with van der Waals surface area (Å²) in [6.07, 6.45) is 0.577. The van der Waals surface area contributed by atoms with Gasteiger partial charge in [-0.3, -0.25) is 4.79 Å². The van der Waals surface area contributed by atoms with E-state index < -0.39 is 5.97 Å². The van der Waals surface area contributed by atoms with E-state index in [4.69, 9.17) is 9.63 Å². The second kappa shape index (κ2) is 5.62. The van der Waals surface area contributed by atoms with Gasteiger partial charge in [0.25, 0.3) is 0 Å². The first-order valence-corrected chi connectivity index (χ1v) is 6.95. The molecule has 0 saturated carbocycles. The molecule has 2 aromatic heterocycles. The first kappa shape index (κ1) is 13.2. The number of aliphatic carboxylic acids is 1. The molecule has 0 aromatic carbocycles. The van der Waals surface area contributed by atoms with Crippen LogP contribution in [0.2, 0.25) is 0 Å². The molecule has 18 heavy (non-hydrogen) atoms. The van der Waals surface area contributed by atoms with Crippen molar-refractivity contribution in [3.8, 4) is 10.7 Å². The van der Waals surface area contributed by atoms with Gasteiger partial charge in [-0.25, -0.2) is 0 Å². The van der Waals surface area contributed by atoms with E-state index in [1.165, 1.54) is 11.3 Å². The number of carboxylic acid groups (broad SMARTS) is 1. The zero-order chi connectivity index (χ0) is 13.1. The van der Waals surface area contributed by atoms with Gasteiger partial charge in [0, 0.05) is 12.8 Å². The van der Waals surface area contributed by atoms with Crippen molar-refractivity contribution >= 4 is 33.2 Å². The molecule has 96 valence electrons. The van der Waals surface area contributed by atoms with Crippen molar-refractivity contribution in [3.63, 3.8) is 0 Å². The lowest BCUT2D eigenvalue weighted by Crippen LogP contribution is -2.07. The summed E-state index contributed by atoms with van der Waals surface area (Å²) >= 11 is 4.89. The van der Waals surface area contributed by atoms with Gasteiger partial charge in [0.15, 0.2) is 0 Å². The second-order valence-electron chi connectivity index (χ2n) is 4.02. The van der Waals surface area contributed by atoms with Crippen LogP contribution in [0.1, 0.15) is 19.2 Å². The molecule has 0 amide bonds. The predicted octanol–water partition coefficient (Wildman–Crippen LogP) is 3.21. The molecule has 0 aliphatic carbocycles. The first-order valence-electron chi connectivity index (χ1n) is 5.34. The Labute approximate surface area is 116 Å². The van der Waals surface area contributed by atoms with Crippen LogP contribution in [0.4, 0.5) is 0 Å². The zero-order valence-corrected chi connectivity index (χ0v) is 12.0. The molecule has 0 fully saturated rings. The lowest BCUT2D eigenvalue weighted by Gasteiger charge is -2.02. The van der Waals surface area contributed by atoms with Crippen LogP contribution in [0.25, 0.3) is 10.7 Å². The third-order valence-corrected chi connectivity index (χ3v) is 3.93. The number of halogens is 1. The molecule has 0 saturated heterocycles. The Morgan fingerprint density at radius 3 is 3.00 bits per heavy atom. The maximum absolute atomic E-state index is 10.6. The highest BCUT2D eigenvalue weighted by Gasteiger charge is 2.15. The fourth-order valence-corrected chi connectivity index (χ4v) is 2.85. The average Bonchev–Trinajstić information content (AvgIpc) is 2.85. The molecule has 0 radical (unpaired) electrons. The van der Waals surface area contributed by atoms with Crippen molar-refractivity contribution in [1.82, 2.24) is 10.1 Å². The van der Waals surface area contributed by atoms with Gasteiger partial charge < -0.3 is 9.63 Å². The zero-order valence-electron chi connectivity index (χ0n) is 9.59. The van der Waals surface area contributed by atoms with Crippen molar-refractivity contribution < 1.29 is 14.4 Å². The van der Waals surface area contributed by atoms with E-state index in [0.29, 0.717) is 18.1 Å². The monoisotopic (exact) mass is 330 g/mol. The van der Waals surface area contributed by atoms with E-state index in [1.54, 1.807) is 0 Å². The van der Waals surface area contributed by atoms with Crippen molar-refractivity contribution in [1.29, 1.82) is 0 Å². The smallest absolute Gasteiger partial charge is 0.303 e. The normalized spacial score (nSPS) is 12.6. The highest BCUT2D eigenvalue weighted by molar-refractivity contribution is 9.11. The van der Waals surface area contributed by atoms with E-state index in [0.717, 1.165) is 8.66 Å². The van der Waals surface area contributed by atoms with Gasteiger partial charge in [-0.2, -0.15) is 4.98 Å². The Hall–Kier alpha value is -1.21. The molecule has 0 aliphatic rings. The topological polar surface area (TPSA) is 76.2 Å². The van der Waals surface area contributed by atoms with Gasteiger partial charge in [-0.1, -0.05) is 12.1 Å². The third kappa shape index (κ3) is 3.39. The number of nitrogens with zero attached hydrogens (tertiary/aromatic N) is 2. The standard InChI is InChI=1S/C11H11BrN2O3S/c1-6(5-10(15)16)4-9-13-11(14-17-9)7-2-3-8(12)18-7/h2-3,6H,4-5H2,1H3,(H,15,16). The van der Waals surface area contributed by atoms with Gasteiger partial charge in [0.05, 0.1) is 8.66 Å². The molecular formula is C11H11BrN2O3S. The van der Waals surface area contributed by atoms with E-state index in [1.807, 2.05) is 19.1 Å². The van der Waals surface area contributed by atoms with Gasteiger partial charge in [0.1, 0.15) is 0 Å². The Morgan fingerprint density at radius 1 is 1.61 bits per heavy atom. The number of carbonyl (C=O) groups is 1. The number of rotatable bonds is 5. The molecule has 2 rings (SSSR count). The number of hydrogen-bond donors (Lipinski definition) is 1. The van der Waals surface area contributed by atoms with Crippen LogP contribution in [-0.4, -0.2) is 21.2 Å². The SMILES string of the molecule is CC(CC(=O)O)Cc1nc(-c2ccc(Br)s2)no1. The number of hydrogen-bond acceptors (Lipinski definition) is 5. The summed E-state index contributed by atoms with van der Waals surface area (Å²) in [7, 11) is 0. The summed E-state index contributed by atoms with van der Waals surface area (Å²) in [6.45, 7) is 1.85. The number of carboxylic acids is 1. The largest absolute Gasteiger partial charge is 0.481 e. The van der Waals surface area contributed by atoms with E-state index in [2.05, 4.69) is 26.1 Å². The summed E-state index contributed by atoms with van der Waals surface area (Å²) in [6, 6.07) is 3.83. The van der Waals surface area contributed by atoms with Gasteiger partial charge in [-0.05, 0) is 34.0 Å². The molecular weight excluding hydrogens is 320 g/mol. The van der Waals surface area contributed by atoms with Crippen LogP contribution < -0.4 is 0 Å². The number of thiophene rings is 1. The van der Waals surface area contributed by atoms with Crippen LogP contribution in [0.3, 0.4) is 0 Å². The van der Waals surface area contributed by atoms with Crippen molar-refractivity contribution in [3.05, 3.63) is 21.8 Å². The predicted molar refractivity (Wildman–Crippen MR) is 70.4 cm³/mol. The summed E-state index contributed by atoms with van der Waals surface area (Å²) in [4.78, 5) is 15.7. The summed E-state index contributed by atoms with van der Waals surface area (Å²) in [5, 5.41) is 12.6. The minimum atomic E-state index is -0.815. The minimum Gasteiger partial charge on any atom is -0.481 e. The fraction of sp³-hybridized carbons (Fsp3) is 0.364. The maximum atomic E-state index is 10.6. The molecule has 0 aliphatic heterocycles. The molecule has 0 spiro atoms. The summed E-state index contributed by atoms with van der Waals surface area (Å²) in [5.74, 6) is 0.182. The van der Waals surface area contributed by atoms with Crippen LogP contribution in [-0.2, 0) is 11.2 Å². The summed E-state index contributed by atoms with van der Waals surface area (Å²) < 4.78 is 6.12. The van der Waals surface area contributed by atoms with Crippen LogP contribution in [0.5, 0.6) is 0 Å². The molecule has 1 unspecified atom stereocenters. The number of aromatic nitrogens is 2. The quantitative estimate of drug-likeness (QED) is 0.910. The van der Waals surface area contributed by atoms with Gasteiger partial charge in [-0.15, -0.1) is 11.3 Å². The molecule has 1 atom stereocenters. The first-order chi connectivity index (χ1) is 8.54. The van der Waals surface area contributed by atoms with Crippen molar-refractivity contribution in [2.45, 2.75) is 19.8 Å². The molecule has 2 heterocycles. The van der Waals surface area contributed by atoms with Crippen LogP contribution in [0.15, 0.2) is 20.4 Å². The molecule has 1 N–H and O–H groups in total. The van der Waals surface area contributed by atoms with Crippen LogP contribution in [0, 0.1) is 5.92 Å². The minimum absolute atomic E-state index is 0.0223. The Bertz CT molecular complexity index is 552. The van der Waals surface area contributed by atoms with Crippen molar-refractivity contribution in [2.75, 3.05) is 0 Å². The van der Waals surface area contributed by atoms with E-state index >= 15 is 0 Å². The van der Waals surface area contributed by atoms with Crippen LogP contribution >= 0.6 is 27.3 Å². The van der Waals surface area contributed by atoms with Gasteiger partial charge in [0.2, 0.25) is 11.7 Å². The molecule has 5 nitrogen and oxygen atoms in total. The molecule has 0 bridgehead atoms. The molecule has 2 aromatic rings. The molecule has 7 heteroatoms. The average molecular weight is 331 g/mol. The highest BCUT2D eigenvalue weighted by Crippen LogP contribution is 2.29. The Balaban J connectivity index is 2.04. The van der Waals surface area contributed by atoms with Gasteiger partial charge >= 0.3 is 5.97 Å². The Morgan fingerprint density at radius 2 is 2.39 bits per heavy atom. The van der Waals surface area contributed by atoms with E-state index in [-0.39, 0.29) is 12.3 Å². The third-order valence-electron chi connectivity index (χ3n) is 2.31. The van der Waals surface area contributed by atoms with Crippen molar-refractivity contribution in [2.24, 2.45) is 5.92 Å². The maximum Gasteiger partial charge on any atom is 0.303 e. The Kier molecular flexibility index (Phi) is 4.13. The fourth-order valence-electron chi connectivity index (χ4n) is 1.54. The lowest BCUT2D eigenvalue weighted by atomic mass is 10.0. The van der Waals surface area contributed by atoms with E-state index in [9.17, 15) is 4.79 Å². The highest BCUT2D eigenvalue weighted by atomic mass is 79.9. The summed E-state index contributed by atoms with van der Waals surface area (Å²) in [5.41, 5.74) is 0.